The van der Waals surface area contributed by atoms with Gasteiger partial charge in [0.15, 0.2) is 0 Å². The van der Waals surface area contributed by atoms with Gasteiger partial charge in [0.25, 0.3) is 0 Å². The Labute approximate surface area is 450 Å². The smallest absolute Gasteiger partial charge is 0.305 e. The Balaban J connectivity index is 3.41. The predicted octanol–water partition coefficient (Wildman–Crippen LogP) is 20.6. The molecule has 0 aliphatic heterocycles. The molecule has 0 aliphatic carbocycles. The van der Waals surface area contributed by atoms with Gasteiger partial charge in [-0.15, -0.1) is 0 Å². The Kier molecular flexibility index (Phi) is 60.5. The Morgan fingerprint density at radius 1 is 0.375 bits per heavy atom. The average molecular weight is 1010 g/mol. The topological polar surface area (TPSA) is 95.9 Å². The van der Waals surface area contributed by atoms with Gasteiger partial charge in [0.2, 0.25) is 5.91 Å². The van der Waals surface area contributed by atoms with Gasteiger partial charge in [-0.3, -0.25) is 9.59 Å². The molecule has 0 fully saturated rings. The zero-order chi connectivity index (χ0) is 52.2. The van der Waals surface area contributed by atoms with Gasteiger partial charge in [0, 0.05) is 12.8 Å². The van der Waals surface area contributed by atoms with Gasteiger partial charge in [0.1, 0.15) is 0 Å². The van der Waals surface area contributed by atoms with Gasteiger partial charge >= 0.3 is 5.97 Å². The first kappa shape index (κ1) is 70.3. The second-order valence-corrected chi connectivity index (χ2v) is 22.5. The van der Waals surface area contributed by atoms with Crippen LogP contribution in [0.25, 0.3) is 0 Å². The zero-order valence-electron chi connectivity index (χ0n) is 48.7. The molecule has 1 amide bonds. The standard InChI is InChI=1S/C66H127NO5/c1-3-5-7-9-11-13-15-17-18-19-20-25-28-31-35-38-42-46-50-54-58-64(69)63(62-68)67-65(70)59-55-51-47-43-39-36-32-29-26-23-21-22-24-27-30-33-37-41-45-49-53-57-61-72-66(71)60-56-52-48-44-40-34-16-14-12-10-8-6-4-2/h14,16,54,58,63-64,68-69H,3-13,15,17-53,55-57,59-62H2,1-2H3,(H,67,70)/b16-14-,58-54+. The second-order valence-electron chi connectivity index (χ2n) is 22.5. The number of unbranched alkanes of at least 4 members (excludes halogenated alkanes) is 48. The van der Waals surface area contributed by atoms with Crippen molar-refractivity contribution in [3.8, 4) is 0 Å². The van der Waals surface area contributed by atoms with Crippen molar-refractivity contribution in [1.29, 1.82) is 0 Å². The summed E-state index contributed by atoms with van der Waals surface area (Å²) in [5, 5.41) is 23.2. The van der Waals surface area contributed by atoms with Crippen LogP contribution < -0.4 is 5.32 Å². The van der Waals surface area contributed by atoms with Crippen LogP contribution in [0.15, 0.2) is 24.3 Å². The van der Waals surface area contributed by atoms with Crippen LogP contribution in [-0.2, 0) is 14.3 Å². The third kappa shape index (κ3) is 57.6. The highest BCUT2D eigenvalue weighted by Crippen LogP contribution is 2.18. The third-order valence-corrected chi connectivity index (χ3v) is 15.2. The highest BCUT2D eigenvalue weighted by molar-refractivity contribution is 5.76. The maximum absolute atomic E-state index is 12.5. The number of hydrogen-bond acceptors (Lipinski definition) is 5. The first-order valence-corrected chi connectivity index (χ1v) is 32.6. The fourth-order valence-electron chi connectivity index (χ4n) is 10.2. The van der Waals surface area contributed by atoms with Crippen LogP contribution in [0.2, 0.25) is 0 Å². The van der Waals surface area contributed by atoms with E-state index in [0.29, 0.717) is 19.4 Å². The van der Waals surface area contributed by atoms with E-state index < -0.39 is 12.1 Å². The molecule has 72 heavy (non-hydrogen) atoms. The van der Waals surface area contributed by atoms with Crippen molar-refractivity contribution in [2.24, 2.45) is 0 Å². The van der Waals surface area contributed by atoms with E-state index in [4.69, 9.17) is 4.74 Å². The van der Waals surface area contributed by atoms with Gasteiger partial charge in [-0.1, -0.05) is 314 Å². The molecule has 0 aliphatic rings. The lowest BCUT2D eigenvalue weighted by Gasteiger charge is -2.20. The molecule has 0 saturated carbocycles. The van der Waals surface area contributed by atoms with Gasteiger partial charge in [-0.25, -0.2) is 0 Å². The van der Waals surface area contributed by atoms with Crippen molar-refractivity contribution in [1.82, 2.24) is 5.32 Å². The number of carbonyl (C=O) groups is 2. The second kappa shape index (κ2) is 61.9. The SMILES string of the molecule is CCCCCC/C=C\CCCCCCCC(=O)OCCCCCCCCCCCCCCCCCCCCCCCCC(=O)NC(CO)C(O)/C=C/CCCCCCCCCCCCCCCCCCCC. The fourth-order valence-corrected chi connectivity index (χ4v) is 10.2. The van der Waals surface area contributed by atoms with Crippen molar-refractivity contribution < 1.29 is 24.5 Å². The van der Waals surface area contributed by atoms with Crippen LogP contribution in [0.4, 0.5) is 0 Å². The monoisotopic (exact) mass is 1010 g/mol. The van der Waals surface area contributed by atoms with Crippen LogP contribution in [-0.4, -0.2) is 47.4 Å². The van der Waals surface area contributed by atoms with E-state index in [-0.39, 0.29) is 18.5 Å². The van der Waals surface area contributed by atoms with E-state index in [9.17, 15) is 19.8 Å². The maximum atomic E-state index is 12.5. The van der Waals surface area contributed by atoms with Crippen molar-refractivity contribution >= 4 is 11.9 Å². The summed E-state index contributed by atoms with van der Waals surface area (Å²) in [5.41, 5.74) is 0. The summed E-state index contributed by atoms with van der Waals surface area (Å²) in [6.07, 6.45) is 76.5. The van der Waals surface area contributed by atoms with Crippen LogP contribution in [0, 0.1) is 0 Å². The molecular weight excluding hydrogens is 887 g/mol. The molecule has 0 rings (SSSR count). The number of rotatable bonds is 61. The molecule has 2 atom stereocenters. The molecule has 0 aromatic carbocycles. The fraction of sp³-hybridized carbons (Fsp3) is 0.909. The molecular formula is C66H127NO5. The minimum absolute atomic E-state index is 0.00396. The highest BCUT2D eigenvalue weighted by Gasteiger charge is 2.18. The van der Waals surface area contributed by atoms with E-state index >= 15 is 0 Å². The largest absolute Gasteiger partial charge is 0.466 e. The summed E-state index contributed by atoms with van der Waals surface area (Å²) in [6.45, 7) is 4.91. The van der Waals surface area contributed by atoms with Crippen LogP contribution in [0.3, 0.4) is 0 Å². The zero-order valence-corrected chi connectivity index (χ0v) is 48.7. The number of allylic oxidation sites excluding steroid dienone is 3. The summed E-state index contributed by atoms with van der Waals surface area (Å²) in [5.74, 6) is -0.0609. The van der Waals surface area contributed by atoms with Crippen LogP contribution in [0.1, 0.15) is 361 Å². The van der Waals surface area contributed by atoms with E-state index in [1.165, 1.54) is 289 Å². The molecule has 0 aromatic heterocycles. The molecule has 0 aromatic rings. The lowest BCUT2D eigenvalue weighted by Crippen LogP contribution is -2.45. The van der Waals surface area contributed by atoms with E-state index in [0.717, 1.165) is 44.9 Å². The first-order chi connectivity index (χ1) is 35.5. The summed E-state index contributed by atoms with van der Waals surface area (Å²) in [6, 6.07) is -0.629. The summed E-state index contributed by atoms with van der Waals surface area (Å²) < 4.78 is 5.47. The minimum Gasteiger partial charge on any atom is -0.466 e. The van der Waals surface area contributed by atoms with E-state index in [1.54, 1.807) is 6.08 Å². The number of aliphatic hydroxyl groups excluding tert-OH is 2. The number of hydrogen-bond donors (Lipinski definition) is 3. The minimum atomic E-state index is -0.845. The quantitative estimate of drug-likeness (QED) is 0.0320. The Bertz CT molecular complexity index is 1120. The third-order valence-electron chi connectivity index (χ3n) is 15.2. The summed E-state index contributed by atoms with van der Waals surface area (Å²) in [4.78, 5) is 24.5. The van der Waals surface area contributed by atoms with Gasteiger partial charge in [-0.2, -0.15) is 0 Å². The number of nitrogens with one attached hydrogen (secondary N) is 1. The van der Waals surface area contributed by atoms with Crippen molar-refractivity contribution in [3.05, 3.63) is 24.3 Å². The Hall–Kier alpha value is -1.66. The molecule has 0 saturated heterocycles. The lowest BCUT2D eigenvalue weighted by atomic mass is 10.0. The number of aliphatic hydroxyl groups is 2. The molecule has 0 spiro atoms. The van der Waals surface area contributed by atoms with Crippen LogP contribution in [0.5, 0.6) is 0 Å². The van der Waals surface area contributed by atoms with Crippen molar-refractivity contribution in [2.75, 3.05) is 13.2 Å². The van der Waals surface area contributed by atoms with Crippen LogP contribution >= 0.6 is 0 Å². The Morgan fingerprint density at radius 2 is 0.653 bits per heavy atom. The number of amides is 1. The number of ether oxygens (including phenoxy) is 1. The lowest BCUT2D eigenvalue weighted by molar-refractivity contribution is -0.143. The molecule has 6 nitrogen and oxygen atoms in total. The number of carbonyl (C=O) groups excluding carboxylic acids is 2. The summed E-state index contributed by atoms with van der Waals surface area (Å²) in [7, 11) is 0. The molecule has 6 heteroatoms. The molecule has 2 unspecified atom stereocenters. The van der Waals surface area contributed by atoms with E-state index in [1.807, 2.05) is 6.08 Å². The van der Waals surface area contributed by atoms with Crippen molar-refractivity contribution in [3.63, 3.8) is 0 Å². The molecule has 426 valence electrons. The van der Waals surface area contributed by atoms with Gasteiger partial charge in [0.05, 0.1) is 25.4 Å². The van der Waals surface area contributed by atoms with Crippen molar-refractivity contribution in [2.45, 2.75) is 373 Å². The molecule has 0 heterocycles. The van der Waals surface area contributed by atoms with E-state index in [2.05, 4.69) is 31.3 Å². The van der Waals surface area contributed by atoms with Gasteiger partial charge in [-0.05, 0) is 57.8 Å². The predicted molar refractivity (Wildman–Crippen MR) is 315 cm³/mol. The molecule has 3 N–H and O–H groups in total. The average Bonchev–Trinajstić information content (AvgIpc) is 3.38. The summed E-state index contributed by atoms with van der Waals surface area (Å²) >= 11 is 0. The molecule has 0 bridgehead atoms. The highest BCUT2D eigenvalue weighted by atomic mass is 16.5. The Morgan fingerprint density at radius 3 is 1.00 bits per heavy atom. The maximum Gasteiger partial charge on any atom is 0.305 e. The number of esters is 1. The van der Waals surface area contributed by atoms with Gasteiger partial charge < -0.3 is 20.3 Å². The first-order valence-electron chi connectivity index (χ1n) is 32.6. The normalized spacial score (nSPS) is 12.7. The molecule has 0 radical (unpaired) electrons.